The van der Waals surface area contributed by atoms with Crippen molar-refractivity contribution in [1.29, 1.82) is 0 Å². The van der Waals surface area contributed by atoms with Gasteiger partial charge in [-0.25, -0.2) is 4.79 Å². The van der Waals surface area contributed by atoms with Gasteiger partial charge in [-0.3, -0.25) is 4.79 Å². The fourth-order valence-electron chi connectivity index (χ4n) is 2.48. The summed E-state index contributed by atoms with van der Waals surface area (Å²) in [5, 5.41) is 2.70. The average molecular weight is 371 g/mol. The van der Waals surface area contributed by atoms with Gasteiger partial charge in [-0.15, -0.1) is 0 Å². The van der Waals surface area contributed by atoms with Gasteiger partial charge in [0.15, 0.2) is 6.61 Å². The van der Waals surface area contributed by atoms with E-state index in [9.17, 15) is 18.4 Å². The highest BCUT2D eigenvalue weighted by atomic mass is 19.3. The molecule has 0 aromatic heterocycles. The number of carbonyl (C=O) groups is 2. The predicted molar refractivity (Wildman–Crippen MR) is 91.5 cm³/mol. The first-order chi connectivity index (χ1) is 12.3. The number of anilines is 1. The molecule has 1 aliphatic rings. The SMILES string of the molecule is Cc1ccc(NC(=O)N2CC[C@H](OC(F)F)C2)c(OCC(=O)N(C)C)c1. The van der Waals surface area contributed by atoms with Crippen molar-refractivity contribution < 1.29 is 27.8 Å². The molecule has 0 spiro atoms. The van der Waals surface area contributed by atoms with E-state index in [0.717, 1.165) is 5.56 Å². The van der Waals surface area contributed by atoms with E-state index in [0.29, 0.717) is 24.4 Å². The zero-order valence-corrected chi connectivity index (χ0v) is 15.0. The number of halogens is 2. The number of alkyl halides is 2. The maximum atomic E-state index is 12.4. The number of hydrogen-bond acceptors (Lipinski definition) is 4. The summed E-state index contributed by atoms with van der Waals surface area (Å²) >= 11 is 0. The Kier molecular flexibility index (Phi) is 6.73. The van der Waals surface area contributed by atoms with E-state index >= 15 is 0 Å². The molecule has 1 aliphatic heterocycles. The Labute approximate surface area is 150 Å². The van der Waals surface area contributed by atoms with Crippen LogP contribution in [0, 0.1) is 6.92 Å². The Balaban J connectivity index is 2.00. The van der Waals surface area contributed by atoms with Crippen molar-refractivity contribution in [3.8, 4) is 5.75 Å². The topological polar surface area (TPSA) is 71.1 Å². The molecule has 0 aliphatic carbocycles. The maximum Gasteiger partial charge on any atom is 0.345 e. The first-order valence-corrected chi connectivity index (χ1v) is 8.19. The Hall–Kier alpha value is -2.42. The van der Waals surface area contributed by atoms with Gasteiger partial charge in [0.2, 0.25) is 0 Å². The molecule has 1 heterocycles. The smallest absolute Gasteiger partial charge is 0.345 e. The summed E-state index contributed by atoms with van der Waals surface area (Å²) in [4.78, 5) is 26.9. The Bertz CT molecular complexity index is 655. The van der Waals surface area contributed by atoms with Crippen LogP contribution < -0.4 is 10.1 Å². The van der Waals surface area contributed by atoms with E-state index in [-0.39, 0.29) is 19.1 Å². The average Bonchev–Trinajstić information content (AvgIpc) is 3.02. The van der Waals surface area contributed by atoms with Crippen LogP contribution in [0.25, 0.3) is 0 Å². The quantitative estimate of drug-likeness (QED) is 0.833. The number of likely N-dealkylation sites (tertiary alicyclic amines) is 1. The van der Waals surface area contributed by atoms with Crippen molar-refractivity contribution >= 4 is 17.6 Å². The van der Waals surface area contributed by atoms with E-state index in [2.05, 4.69) is 10.1 Å². The second kappa shape index (κ2) is 8.79. The summed E-state index contributed by atoms with van der Waals surface area (Å²) in [6.07, 6.45) is -0.320. The first kappa shape index (κ1) is 19.9. The van der Waals surface area contributed by atoms with Crippen molar-refractivity contribution in [3.63, 3.8) is 0 Å². The fourth-order valence-corrected chi connectivity index (χ4v) is 2.48. The van der Waals surface area contributed by atoms with Crippen LogP contribution in [-0.4, -0.2) is 68.2 Å². The van der Waals surface area contributed by atoms with Crippen LogP contribution >= 0.6 is 0 Å². The second-order valence-electron chi connectivity index (χ2n) is 6.26. The third-order valence-electron chi connectivity index (χ3n) is 3.96. The van der Waals surface area contributed by atoms with Crippen molar-refractivity contribution in [2.24, 2.45) is 0 Å². The number of amides is 3. The van der Waals surface area contributed by atoms with Crippen LogP contribution in [-0.2, 0) is 9.53 Å². The molecule has 7 nitrogen and oxygen atoms in total. The summed E-state index contributed by atoms with van der Waals surface area (Å²) in [5.41, 5.74) is 1.31. The molecule has 0 radical (unpaired) electrons. The molecule has 3 amide bonds. The lowest BCUT2D eigenvalue weighted by Crippen LogP contribution is -2.34. The second-order valence-corrected chi connectivity index (χ2v) is 6.26. The molecule has 0 unspecified atom stereocenters. The van der Waals surface area contributed by atoms with Gasteiger partial charge in [0.05, 0.1) is 11.8 Å². The highest BCUT2D eigenvalue weighted by Crippen LogP contribution is 2.27. The third-order valence-corrected chi connectivity index (χ3v) is 3.96. The normalized spacial score (nSPS) is 16.7. The molecule has 0 bridgehead atoms. The van der Waals surface area contributed by atoms with Gasteiger partial charge >= 0.3 is 12.6 Å². The molecule has 144 valence electrons. The number of carbonyl (C=O) groups excluding carboxylic acids is 2. The van der Waals surface area contributed by atoms with Crippen LogP contribution in [0.3, 0.4) is 0 Å². The molecule has 1 aromatic carbocycles. The molecule has 1 fully saturated rings. The Morgan fingerprint density at radius 1 is 1.38 bits per heavy atom. The van der Waals surface area contributed by atoms with Gasteiger partial charge in [-0.1, -0.05) is 6.07 Å². The van der Waals surface area contributed by atoms with E-state index in [1.54, 1.807) is 32.3 Å². The highest BCUT2D eigenvalue weighted by molar-refractivity contribution is 5.91. The lowest BCUT2D eigenvalue weighted by Gasteiger charge is -2.19. The number of aryl methyl sites for hydroxylation is 1. The van der Waals surface area contributed by atoms with Gasteiger partial charge in [0.25, 0.3) is 5.91 Å². The van der Waals surface area contributed by atoms with Gasteiger partial charge in [0, 0.05) is 27.2 Å². The molecule has 26 heavy (non-hydrogen) atoms. The van der Waals surface area contributed by atoms with E-state index in [1.165, 1.54) is 9.80 Å². The van der Waals surface area contributed by atoms with E-state index in [1.807, 2.05) is 6.92 Å². The lowest BCUT2D eigenvalue weighted by molar-refractivity contribution is -0.158. The number of nitrogens with zero attached hydrogens (tertiary/aromatic N) is 2. The molecular formula is C17H23F2N3O4. The lowest BCUT2D eigenvalue weighted by atomic mass is 10.2. The molecule has 1 atom stereocenters. The number of benzene rings is 1. The van der Waals surface area contributed by atoms with Crippen LogP contribution in [0.4, 0.5) is 19.3 Å². The minimum atomic E-state index is -2.85. The van der Waals surface area contributed by atoms with E-state index < -0.39 is 18.7 Å². The van der Waals surface area contributed by atoms with Crippen LogP contribution in [0.1, 0.15) is 12.0 Å². The molecule has 1 saturated heterocycles. The molecular weight excluding hydrogens is 348 g/mol. The Morgan fingerprint density at radius 3 is 2.77 bits per heavy atom. The summed E-state index contributed by atoms with van der Waals surface area (Å²) in [6, 6.07) is 4.75. The first-order valence-electron chi connectivity index (χ1n) is 8.19. The van der Waals surface area contributed by atoms with Crippen LogP contribution in [0.5, 0.6) is 5.75 Å². The van der Waals surface area contributed by atoms with Crippen LogP contribution in [0.15, 0.2) is 18.2 Å². The maximum absolute atomic E-state index is 12.4. The number of rotatable bonds is 6. The minimum absolute atomic E-state index is 0.0946. The number of likely N-dealkylation sites (N-methyl/N-ethyl adjacent to an activating group) is 1. The van der Waals surface area contributed by atoms with Gasteiger partial charge in [-0.2, -0.15) is 8.78 Å². The number of nitrogens with one attached hydrogen (secondary N) is 1. The highest BCUT2D eigenvalue weighted by Gasteiger charge is 2.29. The molecule has 0 saturated carbocycles. The fraction of sp³-hybridized carbons (Fsp3) is 0.529. The largest absolute Gasteiger partial charge is 0.482 e. The molecule has 1 N–H and O–H groups in total. The molecule has 9 heteroatoms. The zero-order valence-electron chi connectivity index (χ0n) is 15.0. The Morgan fingerprint density at radius 2 is 2.12 bits per heavy atom. The summed E-state index contributed by atoms with van der Waals surface area (Å²) in [6.45, 7) is -0.733. The predicted octanol–water partition coefficient (Wildman–Crippen LogP) is 2.31. The van der Waals surface area contributed by atoms with Crippen molar-refractivity contribution in [2.75, 3.05) is 39.1 Å². The number of ether oxygens (including phenoxy) is 2. The van der Waals surface area contributed by atoms with Crippen molar-refractivity contribution in [1.82, 2.24) is 9.80 Å². The molecule has 1 aromatic rings. The third kappa shape index (κ3) is 5.55. The number of hydrogen-bond donors (Lipinski definition) is 1. The zero-order chi connectivity index (χ0) is 19.3. The van der Waals surface area contributed by atoms with Gasteiger partial charge in [0.1, 0.15) is 5.75 Å². The monoisotopic (exact) mass is 371 g/mol. The molecule has 2 rings (SSSR count). The minimum Gasteiger partial charge on any atom is -0.482 e. The van der Waals surface area contributed by atoms with E-state index in [4.69, 9.17) is 4.74 Å². The van der Waals surface area contributed by atoms with Crippen molar-refractivity contribution in [2.45, 2.75) is 26.1 Å². The number of urea groups is 1. The van der Waals surface area contributed by atoms with Gasteiger partial charge < -0.3 is 24.6 Å². The standard InChI is InChI=1S/C17H23F2N3O4/c1-11-4-5-13(14(8-11)25-10-15(23)21(2)3)20-17(24)22-7-6-12(9-22)26-16(18)19/h4-5,8,12,16H,6-7,9-10H2,1-3H3,(H,20,24)/t12-/m0/s1. The summed E-state index contributed by atoms with van der Waals surface area (Å²) in [5.74, 6) is 0.156. The summed E-state index contributed by atoms with van der Waals surface area (Å²) < 4.78 is 34.5. The van der Waals surface area contributed by atoms with Crippen LogP contribution in [0.2, 0.25) is 0 Å². The summed E-state index contributed by atoms with van der Waals surface area (Å²) in [7, 11) is 3.24. The van der Waals surface area contributed by atoms with Crippen molar-refractivity contribution in [3.05, 3.63) is 23.8 Å². The van der Waals surface area contributed by atoms with Gasteiger partial charge in [-0.05, 0) is 31.0 Å².